The predicted octanol–water partition coefficient (Wildman–Crippen LogP) is 2.53. The number of aromatic nitrogens is 2. The Balaban J connectivity index is 1.86. The van der Waals surface area contributed by atoms with Crippen LogP contribution in [-0.4, -0.2) is 33.3 Å². The van der Waals surface area contributed by atoms with Crippen molar-refractivity contribution >= 4 is 6.03 Å². The molecule has 136 valence electrons. The molecule has 7 heteroatoms. The van der Waals surface area contributed by atoms with Gasteiger partial charge in [-0.3, -0.25) is 0 Å². The van der Waals surface area contributed by atoms with Crippen LogP contribution in [0, 0.1) is 18.7 Å². The molecule has 3 N–H and O–H groups in total. The monoisotopic (exact) mass is 348 g/mol. The van der Waals surface area contributed by atoms with E-state index in [1.165, 1.54) is 6.07 Å². The maximum atomic E-state index is 14.3. The molecule has 2 amide bonds. The van der Waals surface area contributed by atoms with Gasteiger partial charge in [-0.2, -0.15) is 0 Å². The molecule has 1 aromatic heterocycles. The number of hydrogen-bond donors (Lipinski definition) is 3. The van der Waals surface area contributed by atoms with E-state index in [4.69, 9.17) is 0 Å². The van der Waals surface area contributed by atoms with E-state index >= 15 is 0 Å². The Morgan fingerprint density at radius 3 is 2.72 bits per heavy atom. The molecule has 1 atom stereocenters. The number of aliphatic hydroxyl groups is 1. The van der Waals surface area contributed by atoms with E-state index in [1.54, 1.807) is 36.0 Å². The summed E-state index contributed by atoms with van der Waals surface area (Å²) in [5, 5.41) is 15.0. The van der Waals surface area contributed by atoms with E-state index in [2.05, 4.69) is 15.6 Å². The minimum atomic E-state index is -0.569. The lowest BCUT2D eigenvalue weighted by molar-refractivity contribution is 0.147. The Labute approximate surface area is 147 Å². The Kier molecular flexibility index (Phi) is 6.52. The summed E-state index contributed by atoms with van der Waals surface area (Å²) in [5.41, 5.74) is 1.07. The molecule has 0 aliphatic rings. The highest BCUT2D eigenvalue weighted by molar-refractivity contribution is 5.73. The maximum absolute atomic E-state index is 14.3. The molecule has 0 aliphatic heterocycles. The number of urea groups is 1. The van der Waals surface area contributed by atoms with Gasteiger partial charge in [0.2, 0.25) is 0 Å². The van der Waals surface area contributed by atoms with Crippen LogP contribution in [0.5, 0.6) is 0 Å². The average Bonchev–Trinajstić information content (AvgIpc) is 2.96. The van der Waals surface area contributed by atoms with Gasteiger partial charge < -0.3 is 20.3 Å². The summed E-state index contributed by atoms with van der Waals surface area (Å²) < 4.78 is 15.9. The van der Waals surface area contributed by atoms with Gasteiger partial charge in [-0.05, 0) is 37.0 Å². The Hall–Kier alpha value is -2.41. The van der Waals surface area contributed by atoms with Gasteiger partial charge in [-0.15, -0.1) is 0 Å². The van der Waals surface area contributed by atoms with Crippen molar-refractivity contribution < 1.29 is 14.3 Å². The first kappa shape index (κ1) is 18.9. The number of carbonyl (C=O) groups is 1. The molecule has 1 heterocycles. The van der Waals surface area contributed by atoms with Crippen molar-refractivity contribution in [1.82, 2.24) is 20.2 Å². The van der Waals surface area contributed by atoms with Gasteiger partial charge in [0.05, 0.1) is 11.8 Å². The van der Waals surface area contributed by atoms with E-state index in [9.17, 15) is 14.3 Å². The predicted molar refractivity (Wildman–Crippen MR) is 94.0 cm³/mol. The zero-order chi connectivity index (χ0) is 18.4. The van der Waals surface area contributed by atoms with Gasteiger partial charge in [0.25, 0.3) is 0 Å². The second kappa shape index (κ2) is 8.62. The summed E-state index contributed by atoms with van der Waals surface area (Å²) in [7, 11) is 0. The third kappa shape index (κ3) is 5.56. The molecule has 2 rings (SSSR count). The lowest BCUT2D eigenvalue weighted by Gasteiger charge is -2.14. The third-order valence-electron chi connectivity index (χ3n) is 3.79. The lowest BCUT2D eigenvalue weighted by Crippen LogP contribution is -2.39. The smallest absolute Gasteiger partial charge is 0.315 e. The number of aliphatic hydroxyl groups excluding tert-OH is 1. The number of nitrogens with one attached hydrogen (secondary N) is 2. The SMILES string of the molecule is Cc1nccn1-c1ccc(CNC(=O)NCC(O)CC(C)C)cc1F. The summed E-state index contributed by atoms with van der Waals surface area (Å²) in [6.07, 6.45) is 3.37. The number of imidazole rings is 1. The molecule has 0 radical (unpaired) electrons. The first-order valence-electron chi connectivity index (χ1n) is 8.35. The van der Waals surface area contributed by atoms with Crippen LogP contribution in [0.1, 0.15) is 31.7 Å². The Morgan fingerprint density at radius 2 is 2.12 bits per heavy atom. The maximum Gasteiger partial charge on any atom is 0.315 e. The normalized spacial score (nSPS) is 12.2. The van der Waals surface area contributed by atoms with Crippen molar-refractivity contribution in [2.75, 3.05) is 6.54 Å². The zero-order valence-corrected chi connectivity index (χ0v) is 14.8. The molecule has 0 spiro atoms. The van der Waals surface area contributed by atoms with Crippen LogP contribution in [0.25, 0.3) is 5.69 Å². The second-order valence-electron chi connectivity index (χ2n) is 6.48. The fourth-order valence-corrected chi connectivity index (χ4v) is 2.57. The van der Waals surface area contributed by atoms with Gasteiger partial charge in [-0.25, -0.2) is 14.2 Å². The number of hydrogen-bond acceptors (Lipinski definition) is 3. The fraction of sp³-hybridized carbons (Fsp3) is 0.444. The summed E-state index contributed by atoms with van der Waals surface area (Å²) >= 11 is 0. The van der Waals surface area contributed by atoms with Crippen LogP contribution < -0.4 is 10.6 Å². The van der Waals surface area contributed by atoms with Crippen LogP contribution in [0.15, 0.2) is 30.6 Å². The minimum Gasteiger partial charge on any atom is -0.391 e. The largest absolute Gasteiger partial charge is 0.391 e. The standard InChI is InChI=1S/C18H25FN4O2/c1-12(2)8-15(24)11-22-18(25)21-10-14-4-5-17(16(19)9-14)23-7-6-20-13(23)3/h4-7,9,12,15,24H,8,10-11H2,1-3H3,(H2,21,22,25). The summed E-state index contributed by atoms with van der Waals surface area (Å²) in [5.74, 6) is 0.678. The van der Waals surface area contributed by atoms with Crippen LogP contribution in [0.4, 0.5) is 9.18 Å². The van der Waals surface area contributed by atoms with Gasteiger partial charge in [0.15, 0.2) is 0 Å². The van der Waals surface area contributed by atoms with E-state index in [1.807, 2.05) is 13.8 Å². The molecule has 0 bridgehead atoms. The van der Waals surface area contributed by atoms with Crippen molar-refractivity contribution in [1.29, 1.82) is 0 Å². The Bertz CT molecular complexity index is 715. The number of benzene rings is 1. The highest BCUT2D eigenvalue weighted by atomic mass is 19.1. The van der Waals surface area contributed by atoms with Crippen molar-refractivity contribution in [3.63, 3.8) is 0 Å². The van der Waals surface area contributed by atoms with Crippen molar-refractivity contribution in [2.45, 2.75) is 39.8 Å². The van der Waals surface area contributed by atoms with Crippen LogP contribution in [-0.2, 0) is 6.54 Å². The molecule has 6 nitrogen and oxygen atoms in total. The van der Waals surface area contributed by atoms with Crippen LogP contribution >= 0.6 is 0 Å². The number of carbonyl (C=O) groups excluding carboxylic acids is 1. The molecule has 25 heavy (non-hydrogen) atoms. The van der Waals surface area contributed by atoms with Crippen molar-refractivity contribution in [3.8, 4) is 5.69 Å². The number of aryl methyl sites for hydroxylation is 1. The molecule has 1 aromatic carbocycles. The number of amides is 2. The minimum absolute atomic E-state index is 0.192. The molecule has 1 unspecified atom stereocenters. The fourth-order valence-electron chi connectivity index (χ4n) is 2.57. The Morgan fingerprint density at radius 1 is 1.36 bits per heavy atom. The van der Waals surface area contributed by atoms with Gasteiger partial charge in [0, 0.05) is 25.5 Å². The molecule has 0 saturated heterocycles. The van der Waals surface area contributed by atoms with E-state index in [0.717, 1.165) is 0 Å². The van der Waals surface area contributed by atoms with Crippen LogP contribution in [0.3, 0.4) is 0 Å². The zero-order valence-electron chi connectivity index (χ0n) is 14.8. The molecular formula is C18H25FN4O2. The van der Waals surface area contributed by atoms with Gasteiger partial charge >= 0.3 is 6.03 Å². The summed E-state index contributed by atoms with van der Waals surface area (Å²) in [6, 6.07) is 4.41. The topological polar surface area (TPSA) is 79.2 Å². The second-order valence-corrected chi connectivity index (χ2v) is 6.48. The molecule has 0 saturated carbocycles. The number of rotatable bonds is 7. The number of halogens is 1. The summed E-state index contributed by atoms with van der Waals surface area (Å²) in [6.45, 7) is 6.20. The molecule has 0 fully saturated rings. The van der Waals surface area contributed by atoms with E-state index in [-0.39, 0.29) is 18.9 Å². The first-order chi connectivity index (χ1) is 11.9. The highest BCUT2D eigenvalue weighted by Gasteiger charge is 2.10. The van der Waals surface area contributed by atoms with E-state index < -0.39 is 12.1 Å². The van der Waals surface area contributed by atoms with E-state index in [0.29, 0.717) is 29.4 Å². The average molecular weight is 348 g/mol. The quantitative estimate of drug-likeness (QED) is 0.719. The van der Waals surface area contributed by atoms with Crippen molar-refractivity contribution in [2.24, 2.45) is 5.92 Å². The first-order valence-corrected chi connectivity index (χ1v) is 8.35. The van der Waals surface area contributed by atoms with Crippen LogP contribution in [0.2, 0.25) is 0 Å². The molecular weight excluding hydrogens is 323 g/mol. The lowest BCUT2D eigenvalue weighted by atomic mass is 10.1. The van der Waals surface area contributed by atoms with Gasteiger partial charge in [-0.1, -0.05) is 19.9 Å². The number of nitrogens with zero attached hydrogens (tertiary/aromatic N) is 2. The van der Waals surface area contributed by atoms with Crippen molar-refractivity contribution in [3.05, 3.63) is 47.8 Å². The van der Waals surface area contributed by atoms with Gasteiger partial charge in [0.1, 0.15) is 11.6 Å². The molecule has 0 aliphatic carbocycles. The third-order valence-corrected chi connectivity index (χ3v) is 3.79. The molecule has 2 aromatic rings. The summed E-state index contributed by atoms with van der Waals surface area (Å²) in [4.78, 5) is 15.8. The highest BCUT2D eigenvalue weighted by Crippen LogP contribution is 2.16.